The monoisotopic (exact) mass is 280 g/mol. The van der Waals surface area contributed by atoms with E-state index in [4.69, 9.17) is 9.84 Å². The maximum absolute atomic E-state index is 11.6. The predicted octanol–water partition coefficient (Wildman–Crippen LogP) is -0.502. The van der Waals surface area contributed by atoms with Crippen LogP contribution in [0.1, 0.15) is 6.42 Å². The minimum Gasteiger partial charge on any atom is -0.480 e. The molecule has 0 bridgehead atoms. The van der Waals surface area contributed by atoms with E-state index in [0.29, 0.717) is 18.7 Å². The van der Waals surface area contributed by atoms with Crippen molar-refractivity contribution in [1.29, 1.82) is 0 Å². The van der Waals surface area contributed by atoms with Crippen LogP contribution in [0.2, 0.25) is 0 Å². The number of hydrogen-bond donors (Lipinski definition) is 2. The Bertz CT molecular complexity index is 298. The highest BCUT2D eigenvalue weighted by Gasteiger charge is 2.15. The Kier molecular flexibility index (Phi) is 9.21. The zero-order chi connectivity index (χ0) is 14.0. The van der Waals surface area contributed by atoms with Crippen molar-refractivity contribution in [1.82, 2.24) is 10.2 Å². The SMILES string of the molecule is COCCN(CC(=O)O)C(=O)NCCCS(C)=O. The number of aliphatic carboxylic acids is 1. The van der Waals surface area contributed by atoms with Crippen molar-refractivity contribution >= 4 is 22.8 Å². The normalized spacial score (nSPS) is 11.9. The highest BCUT2D eigenvalue weighted by atomic mass is 32.2. The van der Waals surface area contributed by atoms with E-state index in [9.17, 15) is 13.8 Å². The van der Waals surface area contributed by atoms with Crippen molar-refractivity contribution in [3.05, 3.63) is 0 Å². The van der Waals surface area contributed by atoms with Crippen molar-refractivity contribution in [2.24, 2.45) is 0 Å². The molecular formula is C10H20N2O5S. The summed E-state index contributed by atoms with van der Waals surface area (Å²) >= 11 is 0. The molecule has 0 saturated heterocycles. The summed E-state index contributed by atoms with van der Waals surface area (Å²) in [5, 5.41) is 11.3. The lowest BCUT2D eigenvalue weighted by Crippen LogP contribution is -2.44. The summed E-state index contributed by atoms with van der Waals surface area (Å²) in [7, 11) is 0.596. The number of nitrogens with one attached hydrogen (secondary N) is 1. The van der Waals surface area contributed by atoms with Crippen LogP contribution < -0.4 is 5.32 Å². The number of carboxylic acids is 1. The Labute approximate surface area is 109 Å². The molecule has 0 radical (unpaired) electrons. The predicted molar refractivity (Wildman–Crippen MR) is 68.0 cm³/mol. The number of carboxylic acid groups (broad SMARTS) is 1. The molecule has 18 heavy (non-hydrogen) atoms. The lowest BCUT2D eigenvalue weighted by Gasteiger charge is -2.20. The van der Waals surface area contributed by atoms with E-state index in [1.165, 1.54) is 7.11 Å². The highest BCUT2D eigenvalue weighted by Crippen LogP contribution is 1.91. The third-order valence-corrected chi connectivity index (χ3v) is 2.93. The van der Waals surface area contributed by atoms with Gasteiger partial charge in [0.1, 0.15) is 6.54 Å². The molecule has 0 rings (SSSR count). The van der Waals surface area contributed by atoms with Crippen LogP contribution in [-0.4, -0.2) is 71.6 Å². The fraction of sp³-hybridized carbons (Fsp3) is 0.800. The van der Waals surface area contributed by atoms with Crippen LogP contribution in [0.3, 0.4) is 0 Å². The van der Waals surface area contributed by atoms with Crippen LogP contribution in [0.4, 0.5) is 4.79 Å². The molecule has 8 heteroatoms. The molecule has 1 atom stereocenters. The molecule has 0 aliphatic carbocycles. The summed E-state index contributed by atoms with van der Waals surface area (Å²) < 4.78 is 15.6. The van der Waals surface area contributed by atoms with Gasteiger partial charge >= 0.3 is 12.0 Å². The molecule has 106 valence electrons. The van der Waals surface area contributed by atoms with E-state index in [-0.39, 0.29) is 19.7 Å². The van der Waals surface area contributed by atoms with Crippen LogP contribution in [0.25, 0.3) is 0 Å². The maximum atomic E-state index is 11.6. The van der Waals surface area contributed by atoms with Gasteiger partial charge in [-0.2, -0.15) is 0 Å². The van der Waals surface area contributed by atoms with Crippen molar-refractivity contribution in [3.8, 4) is 0 Å². The zero-order valence-electron chi connectivity index (χ0n) is 10.7. The van der Waals surface area contributed by atoms with Gasteiger partial charge in [0.15, 0.2) is 0 Å². The Morgan fingerprint density at radius 2 is 2.11 bits per heavy atom. The average molecular weight is 280 g/mol. The molecule has 7 nitrogen and oxygen atoms in total. The van der Waals surface area contributed by atoms with Gasteiger partial charge in [-0.05, 0) is 6.42 Å². The van der Waals surface area contributed by atoms with E-state index in [0.717, 1.165) is 4.90 Å². The van der Waals surface area contributed by atoms with Gasteiger partial charge < -0.3 is 20.1 Å². The largest absolute Gasteiger partial charge is 0.480 e. The first kappa shape index (κ1) is 16.9. The van der Waals surface area contributed by atoms with E-state index in [2.05, 4.69) is 5.32 Å². The van der Waals surface area contributed by atoms with Gasteiger partial charge in [-0.15, -0.1) is 0 Å². The first-order chi connectivity index (χ1) is 8.47. The van der Waals surface area contributed by atoms with E-state index < -0.39 is 22.8 Å². The van der Waals surface area contributed by atoms with E-state index >= 15 is 0 Å². The number of urea groups is 1. The Morgan fingerprint density at radius 1 is 1.44 bits per heavy atom. The number of rotatable bonds is 9. The minimum absolute atomic E-state index is 0.217. The lowest BCUT2D eigenvalue weighted by molar-refractivity contribution is -0.137. The third-order valence-electron chi connectivity index (χ3n) is 2.06. The molecule has 2 amide bonds. The molecule has 0 aromatic heterocycles. The maximum Gasteiger partial charge on any atom is 0.323 e. The molecule has 0 aliphatic rings. The van der Waals surface area contributed by atoms with Crippen molar-refractivity contribution in [3.63, 3.8) is 0 Å². The molecule has 0 spiro atoms. The number of methoxy groups -OCH3 is 1. The summed E-state index contributed by atoms with van der Waals surface area (Å²) in [5.74, 6) is -0.562. The van der Waals surface area contributed by atoms with Gasteiger partial charge in [0.2, 0.25) is 0 Å². The molecular weight excluding hydrogens is 260 g/mol. The van der Waals surface area contributed by atoms with Gasteiger partial charge in [-0.1, -0.05) is 0 Å². The number of nitrogens with zero attached hydrogens (tertiary/aromatic N) is 1. The molecule has 0 aromatic rings. The Balaban J connectivity index is 4.03. The van der Waals surface area contributed by atoms with Crippen molar-refractivity contribution in [2.45, 2.75) is 6.42 Å². The molecule has 0 heterocycles. The minimum atomic E-state index is -1.07. The summed E-state index contributed by atoms with van der Waals surface area (Å²) in [6, 6.07) is -0.448. The molecule has 0 aliphatic heterocycles. The molecule has 0 saturated carbocycles. The van der Waals surface area contributed by atoms with E-state index in [1.54, 1.807) is 6.26 Å². The molecule has 1 unspecified atom stereocenters. The Morgan fingerprint density at radius 3 is 2.61 bits per heavy atom. The topological polar surface area (TPSA) is 95.9 Å². The average Bonchev–Trinajstić information content (AvgIpc) is 2.29. The highest BCUT2D eigenvalue weighted by molar-refractivity contribution is 7.84. The van der Waals surface area contributed by atoms with Crippen molar-refractivity contribution < 1.29 is 23.6 Å². The zero-order valence-corrected chi connectivity index (χ0v) is 11.5. The van der Waals surface area contributed by atoms with Gasteiger partial charge in [0, 0.05) is 43.0 Å². The number of ether oxygens (including phenoxy) is 1. The molecule has 0 aromatic carbocycles. The van der Waals surface area contributed by atoms with E-state index in [1.807, 2.05) is 0 Å². The fourth-order valence-electron chi connectivity index (χ4n) is 1.20. The summed E-state index contributed by atoms with van der Waals surface area (Å²) in [5.41, 5.74) is 0. The smallest absolute Gasteiger partial charge is 0.323 e. The summed E-state index contributed by atoms with van der Waals surface area (Å²) in [6.45, 7) is 0.504. The van der Waals surface area contributed by atoms with Crippen LogP contribution in [-0.2, 0) is 20.3 Å². The number of carbonyl (C=O) groups excluding carboxylic acids is 1. The second-order valence-corrected chi connectivity index (χ2v) is 5.23. The third kappa shape index (κ3) is 8.94. The van der Waals surface area contributed by atoms with Gasteiger partial charge in [-0.3, -0.25) is 9.00 Å². The quantitative estimate of drug-likeness (QED) is 0.555. The second-order valence-electron chi connectivity index (χ2n) is 3.67. The van der Waals surface area contributed by atoms with Crippen LogP contribution in [0, 0.1) is 0 Å². The first-order valence-electron chi connectivity index (χ1n) is 5.51. The van der Waals surface area contributed by atoms with Gasteiger partial charge in [-0.25, -0.2) is 4.79 Å². The second kappa shape index (κ2) is 9.84. The number of carbonyl (C=O) groups is 2. The summed E-state index contributed by atoms with van der Waals surface area (Å²) in [4.78, 5) is 23.4. The molecule has 2 N–H and O–H groups in total. The van der Waals surface area contributed by atoms with Crippen LogP contribution in [0.15, 0.2) is 0 Å². The number of hydrogen-bond acceptors (Lipinski definition) is 4. The van der Waals surface area contributed by atoms with Gasteiger partial charge in [0.05, 0.1) is 6.61 Å². The standard InChI is InChI=1S/C10H20N2O5S/c1-17-6-5-12(8-9(13)14)10(15)11-4-3-7-18(2)16/h3-8H2,1-2H3,(H,11,15)(H,13,14). The number of amides is 2. The van der Waals surface area contributed by atoms with Crippen LogP contribution >= 0.6 is 0 Å². The fourth-order valence-corrected chi connectivity index (χ4v) is 1.75. The molecule has 0 fully saturated rings. The summed E-state index contributed by atoms with van der Waals surface area (Å²) in [6.07, 6.45) is 2.19. The Hall–Kier alpha value is -1.15. The van der Waals surface area contributed by atoms with Gasteiger partial charge in [0.25, 0.3) is 0 Å². The van der Waals surface area contributed by atoms with Crippen LogP contribution in [0.5, 0.6) is 0 Å². The van der Waals surface area contributed by atoms with Crippen molar-refractivity contribution in [2.75, 3.05) is 45.4 Å². The first-order valence-corrected chi connectivity index (χ1v) is 7.23. The lowest BCUT2D eigenvalue weighted by atomic mass is 10.4.